The van der Waals surface area contributed by atoms with E-state index in [1.54, 1.807) is 12.5 Å². The minimum Gasteiger partial charge on any atom is -0.492 e. The molecule has 2 aromatic carbocycles. The second-order valence-electron chi connectivity index (χ2n) is 7.14. The molecule has 0 saturated heterocycles. The summed E-state index contributed by atoms with van der Waals surface area (Å²) in [6.45, 7) is 1.74. The summed E-state index contributed by atoms with van der Waals surface area (Å²) in [5, 5.41) is 0. The first-order chi connectivity index (χ1) is 12.8. The van der Waals surface area contributed by atoms with Gasteiger partial charge in [0.25, 0.3) is 0 Å². The van der Waals surface area contributed by atoms with Crippen LogP contribution in [0.4, 0.5) is 5.69 Å². The lowest BCUT2D eigenvalue weighted by Crippen LogP contribution is -2.34. The molecule has 26 heavy (non-hydrogen) atoms. The quantitative estimate of drug-likeness (QED) is 0.670. The lowest BCUT2D eigenvalue weighted by atomic mass is 9.75. The molecule has 3 aliphatic rings. The Balaban J connectivity index is 1.63. The highest BCUT2D eigenvalue weighted by molar-refractivity contribution is 5.82. The fourth-order valence-electron chi connectivity index (χ4n) is 4.62. The van der Waals surface area contributed by atoms with Crippen LogP contribution < -0.4 is 19.1 Å². The van der Waals surface area contributed by atoms with Gasteiger partial charge in [0, 0.05) is 36.5 Å². The summed E-state index contributed by atoms with van der Waals surface area (Å²) in [4.78, 5) is 2.31. The Morgan fingerprint density at radius 1 is 1.00 bits per heavy atom. The molecule has 1 aromatic heterocycles. The van der Waals surface area contributed by atoms with Gasteiger partial charge >= 0.3 is 0 Å². The number of anilines is 1. The summed E-state index contributed by atoms with van der Waals surface area (Å²) >= 11 is 0. The molecule has 3 aliphatic heterocycles. The Hall–Kier alpha value is -3.08. The first kappa shape index (κ1) is 14.1. The van der Waals surface area contributed by atoms with Crippen molar-refractivity contribution in [2.45, 2.75) is 5.41 Å². The van der Waals surface area contributed by atoms with Crippen LogP contribution in [0.5, 0.6) is 17.2 Å². The molecule has 5 nitrogen and oxygen atoms in total. The van der Waals surface area contributed by atoms with Crippen LogP contribution in [0.2, 0.25) is 0 Å². The molecule has 3 aromatic rings. The average molecular weight is 347 g/mol. The number of furan rings is 1. The summed E-state index contributed by atoms with van der Waals surface area (Å²) in [6.07, 6.45) is 3.52. The first-order valence-electron chi connectivity index (χ1n) is 8.70. The van der Waals surface area contributed by atoms with E-state index < -0.39 is 0 Å². The lowest BCUT2D eigenvalue weighted by Gasteiger charge is -2.25. The molecule has 4 heterocycles. The van der Waals surface area contributed by atoms with Crippen LogP contribution in [0.25, 0.3) is 11.1 Å². The van der Waals surface area contributed by atoms with Crippen molar-refractivity contribution in [1.29, 1.82) is 0 Å². The highest BCUT2D eigenvalue weighted by atomic mass is 16.7. The summed E-state index contributed by atoms with van der Waals surface area (Å²) < 4.78 is 22.7. The molecular formula is C21H17NO4. The van der Waals surface area contributed by atoms with Crippen molar-refractivity contribution in [1.82, 2.24) is 0 Å². The van der Waals surface area contributed by atoms with Crippen molar-refractivity contribution in [2.75, 3.05) is 31.9 Å². The van der Waals surface area contributed by atoms with E-state index in [2.05, 4.69) is 36.2 Å². The number of fused-ring (bicyclic) bond motifs is 5. The zero-order valence-corrected chi connectivity index (χ0v) is 14.3. The molecule has 0 saturated carbocycles. The molecule has 0 amide bonds. The van der Waals surface area contributed by atoms with Gasteiger partial charge in [-0.05, 0) is 29.3 Å². The fraction of sp³-hybridized carbons (Fsp3) is 0.238. The van der Waals surface area contributed by atoms with Crippen LogP contribution in [0, 0.1) is 0 Å². The van der Waals surface area contributed by atoms with E-state index in [4.69, 9.17) is 18.6 Å². The summed E-state index contributed by atoms with van der Waals surface area (Å²) in [5.41, 5.74) is 5.75. The molecule has 5 heteroatoms. The molecule has 0 bridgehead atoms. The monoisotopic (exact) mass is 347 g/mol. The minimum absolute atomic E-state index is 0.228. The zero-order chi connectivity index (χ0) is 17.3. The second kappa shape index (κ2) is 4.75. The average Bonchev–Trinajstić information content (AvgIpc) is 3.43. The summed E-state index contributed by atoms with van der Waals surface area (Å²) in [5.74, 6) is 2.44. The van der Waals surface area contributed by atoms with Crippen molar-refractivity contribution in [3.8, 4) is 28.4 Å². The number of ether oxygens (including phenoxy) is 3. The van der Waals surface area contributed by atoms with Crippen LogP contribution in [-0.2, 0) is 5.41 Å². The van der Waals surface area contributed by atoms with Crippen LogP contribution in [0.15, 0.2) is 53.3 Å². The largest absolute Gasteiger partial charge is 0.492 e. The molecule has 0 unspecified atom stereocenters. The van der Waals surface area contributed by atoms with Crippen molar-refractivity contribution in [3.05, 3.63) is 60.1 Å². The maximum atomic E-state index is 6.15. The Labute approximate surface area is 150 Å². The molecule has 0 aliphatic carbocycles. The van der Waals surface area contributed by atoms with Gasteiger partial charge in [0.05, 0.1) is 17.9 Å². The molecular weight excluding hydrogens is 330 g/mol. The number of benzene rings is 2. The highest BCUT2D eigenvalue weighted by Crippen LogP contribution is 2.56. The van der Waals surface area contributed by atoms with Crippen LogP contribution in [-0.4, -0.2) is 27.0 Å². The van der Waals surface area contributed by atoms with E-state index in [0.29, 0.717) is 6.61 Å². The Morgan fingerprint density at radius 2 is 1.88 bits per heavy atom. The van der Waals surface area contributed by atoms with E-state index in [0.717, 1.165) is 29.4 Å². The topological polar surface area (TPSA) is 44.1 Å². The van der Waals surface area contributed by atoms with Crippen molar-refractivity contribution in [3.63, 3.8) is 0 Å². The SMILES string of the molecule is CN1C[C@@]2(COc3cc4c(cc32)OCO4)c2c(-c3ccoc3)cccc21. The Morgan fingerprint density at radius 3 is 2.73 bits per heavy atom. The van der Waals surface area contributed by atoms with Gasteiger partial charge < -0.3 is 23.5 Å². The predicted molar refractivity (Wildman–Crippen MR) is 96.3 cm³/mol. The van der Waals surface area contributed by atoms with Gasteiger partial charge in [-0.25, -0.2) is 0 Å². The van der Waals surface area contributed by atoms with Gasteiger partial charge in [-0.3, -0.25) is 0 Å². The first-order valence-corrected chi connectivity index (χ1v) is 8.70. The normalized spacial score (nSPS) is 21.8. The van der Waals surface area contributed by atoms with Crippen LogP contribution in [0.3, 0.4) is 0 Å². The van der Waals surface area contributed by atoms with Gasteiger partial charge in [-0.2, -0.15) is 0 Å². The van der Waals surface area contributed by atoms with Gasteiger partial charge in [0.2, 0.25) is 6.79 Å². The van der Waals surface area contributed by atoms with Crippen molar-refractivity contribution >= 4 is 5.69 Å². The third kappa shape index (κ3) is 1.65. The van der Waals surface area contributed by atoms with E-state index in [-0.39, 0.29) is 12.2 Å². The number of rotatable bonds is 1. The lowest BCUT2D eigenvalue weighted by molar-refractivity contribution is 0.173. The number of likely N-dealkylation sites (N-methyl/N-ethyl adjacent to an activating group) is 1. The molecule has 0 N–H and O–H groups in total. The molecule has 0 fully saturated rings. The Bertz CT molecular complexity index is 1030. The van der Waals surface area contributed by atoms with Gasteiger partial charge in [0.1, 0.15) is 12.4 Å². The van der Waals surface area contributed by atoms with Gasteiger partial charge in [-0.1, -0.05) is 12.1 Å². The predicted octanol–water partition coefficient (Wildman–Crippen LogP) is 3.80. The van der Waals surface area contributed by atoms with E-state index in [1.807, 2.05) is 12.1 Å². The van der Waals surface area contributed by atoms with Crippen LogP contribution >= 0.6 is 0 Å². The molecule has 0 radical (unpaired) electrons. The zero-order valence-electron chi connectivity index (χ0n) is 14.3. The van der Waals surface area contributed by atoms with E-state index in [1.165, 1.54) is 22.4 Å². The smallest absolute Gasteiger partial charge is 0.231 e. The van der Waals surface area contributed by atoms with Gasteiger partial charge in [-0.15, -0.1) is 0 Å². The fourth-order valence-corrected chi connectivity index (χ4v) is 4.62. The third-order valence-corrected chi connectivity index (χ3v) is 5.74. The number of hydrogen-bond acceptors (Lipinski definition) is 5. The number of nitrogens with zero attached hydrogens (tertiary/aromatic N) is 1. The number of hydrogen-bond donors (Lipinski definition) is 0. The molecule has 130 valence electrons. The van der Waals surface area contributed by atoms with Crippen molar-refractivity contribution < 1.29 is 18.6 Å². The molecule has 6 rings (SSSR count). The second-order valence-corrected chi connectivity index (χ2v) is 7.14. The summed E-state index contributed by atoms with van der Waals surface area (Å²) in [7, 11) is 2.14. The van der Waals surface area contributed by atoms with Crippen LogP contribution in [0.1, 0.15) is 11.1 Å². The van der Waals surface area contributed by atoms with Gasteiger partial charge in [0.15, 0.2) is 11.5 Å². The minimum atomic E-state index is -0.228. The maximum Gasteiger partial charge on any atom is 0.231 e. The maximum absolute atomic E-state index is 6.15. The summed E-state index contributed by atoms with van der Waals surface area (Å²) in [6, 6.07) is 12.5. The molecule has 1 atom stereocenters. The third-order valence-electron chi connectivity index (χ3n) is 5.74. The van der Waals surface area contributed by atoms with E-state index in [9.17, 15) is 0 Å². The molecule has 1 spiro atoms. The van der Waals surface area contributed by atoms with Crippen molar-refractivity contribution in [2.24, 2.45) is 0 Å². The Kier molecular flexibility index (Phi) is 2.58. The van der Waals surface area contributed by atoms with E-state index >= 15 is 0 Å². The standard InChI is InChI=1S/C21H17NO4/c1-22-10-21(11-24-17-8-19-18(7-15(17)21)25-12-26-19)20-14(3-2-4-16(20)22)13-5-6-23-9-13/h2-9H,10-12H2,1H3/t21-/m0/s1. The highest BCUT2D eigenvalue weighted by Gasteiger charge is 2.51.